The van der Waals surface area contributed by atoms with Crippen molar-refractivity contribution in [2.45, 2.75) is 18.9 Å². The number of nitrogens with two attached hydrogens (primary N) is 1. The van der Waals surface area contributed by atoms with Crippen LogP contribution in [-0.2, 0) is 0 Å². The first-order valence-corrected chi connectivity index (χ1v) is 9.45. The van der Waals surface area contributed by atoms with Crippen LogP contribution in [0.1, 0.15) is 23.2 Å². The Bertz CT molecular complexity index is 1030. The van der Waals surface area contributed by atoms with Gasteiger partial charge in [-0.15, -0.1) is 5.10 Å². The first kappa shape index (κ1) is 18.9. The van der Waals surface area contributed by atoms with Gasteiger partial charge in [-0.3, -0.25) is 9.78 Å². The molecule has 1 aliphatic rings. The van der Waals surface area contributed by atoms with Gasteiger partial charge < -0.3 is 26.0 Å². The smallest absolute Gasteiger partial charge is 0.263 e. The molecule has 1 unspecified atom stereocenters. The fourth-order valence-electron chi connectivity index (χ4n) is 3.54. The number of methoxy groups -OCH3 is 1. The summed E-state index contributed by atoms with van der Waals surface area (Å²) in [5.74, 6) is 0.934. The Balaban J connectivity index is 1.63. The molecule has 3 aromatic heterocycles. The van der Waals surface area contributed by atoms with Gasteiger partial charge in [0.15, 0.2) is 11.5 Å². The summed E-state index contributed by atoms with van der Waals surface area (Å²) in [7, 11) is 3.51. The Morgan fingerprint density at radius 1 is 1.48 bits per heavy atom. The van der Waals surface area contributed by atoms with E-state index in [1.165, 1.54) is 24.2 Å². The fourth-order valence-corrected chi connectivity index (χ4v) is 3.54. The van der Waals surface area contributed by atoms with E-state index in [2.05, 4.69) is 30.6 Å². The molecule has 1 aliphatic heterocycles. The van der Waals surface area contributed by atoms with Crippen molar-refractivity contribution in [3.8, 4) is 5.75 Å². The normalized spacial score (nSPS) is 16.1. The number of ether oxygens (including phenoxy) is 1. The molecule has 29 heavy (non-hydrogen) atoms. The highest BCUT2D eigenvalue weighted by Crippen LogP contribution is 2.25. The minimum Gasteiger partial charge on any atom is -0.494 e. The lowest BCUT2D eigenvalue weighted by atomic mass is 10.2. The van der Waals surface area contributed by atoms with Gasteiger partial charge in [-0.25, -0.2) is 9.50 Å². The van der Waals surface area contributed by atoms with Gasteiger partial charge in [0.05, 0.1) is 13.3 Å². The zero-order valence-corrected chi connectivity index (χ0v) is 16.4. The van der Waals surface area contributed by atoms with E-state index >= 15 is 0 Å². The highest BCUT2D eigenvalue weighted by Gasteiger charge is 2.22. The average molecular weight is 396 g/mol. The van der Waals surface area contributed by atoms with Crippen molar-refractivity contribution in [3.05, 3.63) is 36.3 Å². The van der Waals surface area contributed by atoms with Gasteiger partial charge in [0.2, 0.25) is 0 Å². The number of pyridine rings is 1. The number of anilines is 3. The molecule has 4 heterocycles. The first-order chi connectivity index (χ1) is 14.1. The lowest BCUT2D eigenvalue weighted by molar-refractivity contribution is 0.102. The van der Waals surface area contributed by atoms with E-state index < -0.39 is 5.91 Å². The molecular formula is C19H24N8O2. The van der Waals surface area contributed by atoms with Crippen LogP contribution in [0.5, 0.6) is 5.75 Å². The Morgan fingerprint density at radius 2 is 2.34 bits per heavy atom. The number of aromatic nitrogens is 4. The van der Waals surface area contributed by atoms with Gasteiger partial charge >= 0.3 is 0 Å². The maximum Gasteiger partial charge on any atom is 0.263 e. The highest BCUT2D eigenvalue weighted by atomic mass is 16.5. The predicted octanol–water partition coefficient (Wildman–Crippen LogP) is 1.16. The van der Waals surface area contributed by atoms with Crippen LogP contribution in [0.25, 0.3) is 5.65 Å². The molecule has 0 aliphatic carbocycles. The van der Waals surface area contributed by atoms with E-state index in [1.807, 2.05) is 13.1 Å². The summed E-state index contributed by atoms with van der Waals surface area (Å²) in [4.78, 5) is 23.7. The number of nitrogen functional groups attached to an aromatic ring is 1. The van der Waals surface area contributed by atoms with Crippen molar-refractivity contribution in [1.29, 1.82) is 0 Å². The molecule has 0 bridgehead atoms. The number of nitrogens with zero attached hydrogens (tertiary/aromatic N) is 5. The van der Waals surface area contributed by atoms with Crippen LogP contribution in [0.15, 0.2) is 30.7 Å². The van der Waals surface area contributed by atoms with Gasteiger partial charge in [0.1, 0.15) is 22.8 Å². The largest absolute Gasteiger partial charge is 0.494 e. The number of hydrogen-bond acceptors (Lipinski definition) is 8. The van der Waals surface area contributed by atoms with Crippen molar-refractivity contribution in [2.75, 3.05) is 43.2 Å². The van der Waals surface area contributed by atoms with E-state index in [9.17, 15) is 4.79 Å². The van der Waals surface area contributed by atoms with Crippen LogP contribution < -0.4 is 26.0 Å². The molecule has 1 atom stereocenters. The summed E-state index contributed by atoms with van der Waals surface area (Å²) in [5, 5.41) is 10.5. The topological polar surface area (TPSA) is 123 Å². The second-order valence-electron chi connectivity index (χ2n) is 7.02. The van der Waals surface area contributed by atoms with E-state index in [1.54, 1.807) is 18.5 Å². The van der Waals surface area contributed by atoms with Gasteiger partial charge in [-0.1, -0.05) is 0 Å². The van der Waals surface area contributed by atoms with Crippen LogP contribution in [0, 0.1) is 0 Å². The SMILES string of the molecule is COc1ccncc1NC(=O)c1c(N)nn2ccc(N(C)CC3CCCN3)nc12. The van der Waals surface area contributed by atoms with Crippen LogP contribution >= 0.6 is 0 Å². The van der Waals surface area contributed by atoms with Crippen molar-refractivity contribution in [3.63, 3.8) is 0 Å². The molecule has 0 aromatic carbocycles. The number of hydrogen-bond donors (Lipinski definition) is 3. The Morgan fingerprint density at radius 3 is 3.10 bits per heavy atom. The number of nitrogens with one attached hydrogen (secondary N) is 2. The summed E-state index contributed by atoms with van der Waals surface area (Å²) in [6, 6.07) is 3.96. The van der Waals surface area contributed by atoms with Crippen molar-refractivity contribution >= 4 is 28.9 Å². The zero-order chi connectivity index (χ0) is 20.4. The summed E-state index contributed by atoms with van der Waals surface area (Å²) in [5.41, 5.74) is 7.09. The minimum absolute atomic E-state index is 0.107. The van der Waals surface area contributed by atoms with Crippen LogP contribution in [-0.4, -0.2) is 58.8 Å². The third-order valence-electron chi connectivity index (χ3n) is 5.02. The maximum atomic E-state index is 12.9. The van der Waals surface area contributed by atoms with E-state index in [4.69, 9.17) is 10.5 Å². The number of carbonyl (C=O) groups is 1. The number of amides is 1. The van der Waals surface area contributed by atoms with E-state index in [0.29, 0.717) is 23.1 Å². The maximum absolute atomic E-state index is 12.9. The zero-order valence-electron chi connectivity index (χ0n) is 16.4. The second-order valence-corrected chi connectivity index (χ2v) is 7.02. The summed E-state index contributed by atoms with van der Waals surface area (Å²) >= 11 is 0. The van der Waals surface area contributed by atoms with Crippen LogP contribution in [0.4, 0.5) is 17.3 Å². The molecule has 1 amide bonds. The molecule has 3 aromatic rings. The van der Waals surface area contributed by atoms with Gasteiger partial charge in [-0.2, -0.15) is 0 Å². The molecule has 0 spiro atoms. The van der Waals surface area contributed by atoms with Crippen LogP contribution in [0.3, 0.4) is 0 Å². The van der Waals surface area contributed by atoms with Crippen molar-refractivity contribution in [1.82, 2.24) is 24.9 Å². The van der Waals surface area contributed by atoms with Crippen molar-refractivity contribution < 1.29 is 9.53 Å². The number of rotatable bonds is 6. The van der Waals surface area contributed by atoms with E-state index in [-0.39, 0.29) is 11.4 Å². The second kappa shape index (κ2) is 7.92. The lowest BCUT2D eigenvalue weighted by Gasteiger charge is -2.22. The molecule has 152 valence electrons. The molecule has 10 nitrogen and oxygen atoms in total. The molecular weight excluding hydrogens is 372 g/mol. The summed E-state index contributed by atoms with van der Waals surface area (Å²) in [6.45, 7) is 1.88. The third-order valence-corrected chi connectivity index (χ3v) is 5.02. The Labute approximate surface area is 168 Å². The third kappa shape index (κ3) is 3.79. The number of likely N-dealkylation sites (N-methyl/N-ethyl adjacent to an activating group) is 1. The number of carbonyl (C=O) groups excluding carboxylic acids is 1. The predicted molar refractivity (Wildman–Crippen MR) is 110 cm³/mol. The standard InChI is InChI=1S/C19H24N8O2/c1-26(11-12-4-3-7-22-12)15-6-9-27-18(24-15)16(17(20)25-27)19(28)23-13-10-21-8-5-14(13)29-2/h5-6,8-10,12,22H,3-4,7,11H2,1-2H3,(H2,20,25)(H,23,28). The molecule has 10 heteroatoms. The molecule has 0 radical (unpaired) electrons. The quantitative estimate of drug-likeness (QED) is 0.567. The first-order valence-electron chi connectivity index (χ1n) is 9.45. The summed E-state index contributed by atoms with van der Waals surface area (Å²) < 4.78 is 6.77. The van der Waals surface area contributed by atoms with Crippen molar-refractivity contribution in [2.24, 2.45) is 0 Å². The highest BCUT2D eigenvalue weighted by molar-refractivity contribution is 6.12. The Hall–Kier alpha value is -3.40. The van der Waals surface area contributed by atoms with Gasteiger partial charge in [-0.05, 0) is 25.5 Å². The molecule has 1 fully saturated rings. The Kier molecular flexibility index (Phi) is 5.17. The molecule has 1 saturated heterocycles. The number of fused-ring (bicyclic) bond motifs is 1. The van der Waals surface area contributed by atoms with E-state index in [0.717, 1.165) is 25.3 Å². The summed E-state index contributed by atoms with van der Waals surface area (Å²) in [6.07, 6.45) is 7.19. The lowest BCUT2D eigenvalue weighted by Crippen LogP contribution is -2.35. The monoisotopic (exact) mass is 396 g/mol. The van der Waals surface area contributed by atoms with Gasteiger partial charge in [0.25, 0.3) is 5.91 Å². The molecule has 4 rings (SSSR count). The average Bonchev–Trinajstić information content (AvgIpc) is 3.34. The fraction of sp³-hybridized carbons (Fsp3) is 0.368. The molecule has 0 saturated carbocycles. The van der Waals surface area contributed by atoms with Crippen LogP contribution in [0.2, 0.25) is 0 Å². The molecule has 4 N–H and O–H groups in total. The van der Waals surface area contributed by atoms with Gasteiger partial charge in [0, 0.05) is 38.1 Å². The minimum atomic E-state index is -0.423.